The summed E-state index contributed by atoms with van der Waals surface area (Å²) < 4.78 is 92.9. The zero-order chi connectivity index (χ0) is 90.9. The smallest absolute Gasteiger partial charge is 0.352 e. The Balaban J connectivity index is 0.000000148. The standard InChI is InChI=1S/2C25H20F3N5O.C25H23N5O.C24H20ClN5O/c26-25(27,28)22-8-4-19(5-9-22)3-6-20-17-21(7-10-23(20)33-15-2-12-31-33)24(34)30-11-1-14-32-16-13-29-18-32;26-25(27,28)22-6-2-1-5-19(22)7-8-20-17-21(9-10-23(20)33-15-4-12-31-33)24(34)30-11-3-14-32-16-13-29-18-32;1-20-5-2-6-21(17-20)7-8-22-18-23(9-10-24(22)30-15-4-12-28-30)25(31)27-11-3-14-29-16-13-26-19-29;25-22-6-2-1-5-19(22)7-8-20-17-21(9-10-23(20)30-15-4-12-28-30)24(31)27-11-3-14-29-16-13-26-18-29/h2,4-5,7-10,12-13,15-18H,1,11,14H2,(H,30,34);1-2,4-6,9-10,12-13,15-18H,3,11,14H2,(H,30,34);2,4-6,9-10,12-13,15-19H,3,11,14H2,1H3,(H,27,31);1-2,4-6,9-10,12-13,15-18H,3,11,14H2,(H,27,31). The fourth-order valence-electron chi connectivity index (χ4n) is 12.9. The molecule has 0 aliphatic heterocycles. The third kappa shape index (κ3) is 26.7. The summed E-state index contributed by atoms with van der Waals surface area (Å²) in [6.45, 7) is 7.20. The Morgan fingerprint density at radius 3 is 0.977 bits per heavy atom. The minimum absolute atomic E-state index is 0.115. The van der Waals surface area contributed by atoms with Gasteiger partial charge in [-0.25, -0.2) is 38.7 Å². The monoisotopic (exact) mass is 1760 g/mol. The van der Waals surface area contributed by atoms with Crippen LogP contribution in [-0.2, 0) is 38.5 Å². The van der Waals surface area contributed by atoms with E-state index in [9.17, 15) is 45.5 Å². The molecule has 652 valence electrons. The first-order valence-electron chi connectivity index (χ1n) is 41.0. The Morgan fingerprint density at radius 1 is 0.323 bits per heavy atom. The number of halogens is 7. The topological polar surface area (TPSA) is 259 Å². The quantitative estimate of drug-likeness (QED) is 0.0250. The number of rotatable bonds is 24. The second kappa shape index (κ2) is 45.4. The maximum Gasteiger partial charge on any atom is 0.417 e. The zero-order valence-corrected chi connectivity index (χ0v) is 70.7. The van der Waals surface area contributed by atoms with Crippen LogP contribution in [0.3, 0.4) is 0 Å². The SMILES string of the molecule is Cc1cccc(C#Cc2cc(C(=O)NCCCn3ccnc3)ccc2-n2cccn2)c1.O=C(NCCCn1ccnc1)c1ccc(-n2cccn2)c(C#Cc2ccc(C(F)(F)F)cc2)c1.O=C(NCCCn1ccnc1)c1ccc(-n2cccn2)c(C#Cc2ccccc2C(F)(F)F)c1.O=C(NCCCn1ccnc1)c1ccc(-n2cccn2)c(C#Cc2ccccc2Cl)c1. The number of aromatic nitrogens is 16. The van der Waals surface area contributed by atoms with E-state index in [0.717, 1.165) is 90.7 Å². The second-order valence-electron chi connectivity index (χ2n) is 28.8. The maximum atomic E-state index is 13.3. The molecule has 0 aliphatic carbocycles. The van der Waals surface area contributed by atoms with Gasteiger partial charge in [0, 0.05) is 196 Å². The number of imidazole rings is 4. The lowest BCUT2D eigenvalue weighted by atomic mass is 10.0. The van der Waals surface area contributed by atoms with E-state index in [1.807, 2.05) is 135 Å². The van der Waals surface area contributed by atoms with Crippen molar-refractivity contribution in [2.24, 2.45) is 0 Å². The van der Waals surface area contributed by atoms with Crippen LogP contribution >= 0.6 is 11.6 Å². The van der Waals surface area contributed by atoms with Crippen LogP contribution < -0.4 is 21.3 Å². The number of aryl methyl sites for hydroxylation is 5. The van der Waals surface area contributed by atoms with Gasteiger partial charge < -0.3 is 39.5 Å². The largest absolute Gasteiger partial charge is 0.417 e. The highest BCUT2D eigenvalue weighted by atomic mass is 35.5. The number of carbonyl (C=O) groups excluding carboxylic acids is 4. The number of carbonyl (C=O) groups is 4. The molecule has 0 saturated heterocycles. The van der Waals surface area contributed by atoms with Crippen molar-refractivity contribution < 1.29 is 45.5 Å². The molecule has 0 saturated carbocycles. The van der Waals surface area contributed by atoms with Crippen molar-refractivity contribution in [2.75, 3.05) is 26.2 Å². The van der Waals surface area contributed by atoms with Crippen molar-refractivity contribution in [3.8, 4) is 70.1 Å². The van der Waals surface area contributed by atoms with Gasteiger partial charge in [0.15, 0.2) is 0 Å². The summed E-state index contributed by atoms with van der Waals surface area (Å²) in [6, 6.07) is 53.3. The third-order valence-corrected chi connectivity index (χ3v) is 19.8. The van der Waals surface area contributed by atoms with Crippen LogP contribution in [0.4, 0.5) is 26.3 Å². The van der Waals surface area contributed by atoms with Gasteiger partial charge in [0.2, 0.25) is 0 Å². The van der Waals surface area contributed by atoms with Gasteiger partial charge in [-0.3, -0.25) is 19.2 Å². The summed E-state index contributed by atoms with van der Waals surface area (Å²) in [5.74, 6) is 23.2. The number of hydrogen-bond donors (Lipinski definition) is 4. The Labute approximate surface area is 749 Å². The lowest BCUT2D eigenvalue weighted by Gasteiger charge is -2.10. The van der Waals surface area contributed by atoms with E-state index in [1.54, 1.807) is 179 Å². The molecule has 0 radical (unpaired) electrons. The predicted octanol–water partition coefficient (Wildman–Crippen LogP) is 16.2. The van der Waals surface area contributed by atoms with Gasteiger partial charge in [-0.05, 0) is 196 Å². The minimum atomic E-state index is -4.52. The van der Waals surface area contributed by atoms with Crippen LogP contribution in [0.15, 0.2) is 319 Å². The van der Waals surface area contributed by atoms with E-state index in [4.69, 9.17) is 11.6 Å². The first-order chi connectivity index (χ1) is 63.2. The molecule has 0 fully saturated rings. The summed E-state index contributed by atoms with van der Waals surface area (Å²) in [5.41, 5.74) is 8.63. The summed E-state index contributed by atoms with van der Waals surface area (Å²) in [7, 11) is 0. The molecule has 130 heavy (non-hydrogen) atoms. The highest BCUT2D eigenvalue weighted by molar-refractivity contribution is 6.31. The normalized spacial score (nSPS) is 10.7. The Hall–Kier alpha value is -16.6. The molecule has 0 aliphatic rings. The lowest BCUT2D eigenvalue weighted by molar-refractivity contribution is -0.138. The van der Waals surface area contributed by atoms with Crippen molar-refractivity contribution in [2.45, 2.75) is 71.1 Å². The summed E-state index contributed by atoms with van der Waals surface area (Å²) in [6.07, 6.45) is 29.3. The molecule has 8 aromatic heterocycles. The van der Waals surface area contributed by atoms with Crippen molar-refractivity contribution in [3.63, 3.8) is 0 Å². The summed E-state index contributed by atoms with van der Waals surface area (Å²) in [5, 5.41) is 29.3. The molecule has 0 bridgehead atoms. The molecule has 0 unspecified atom stereocenters. The van der Waals surface area contributed by atoms with Crippen LogP contribution in [0.25, 0.3) is 22.7 Å². The number of amides is 4. The Bertz CT molecular complexity index is 6670. The van der Waals surface area contributed by atoms with Crippen LogP contribution in [0, 0.1) is 54.3 Å². The Morgan fingerprint density at radius 2 is 0.654 bits per heavy atom. The van der Waals surface area contributed by atoms with E-state index in [0.29, 0.717) is 100 Å². The van der Waals surface area contributed by atoms with Crippen molar-refractivity contribution >= 4 is 35.2 Å². The van der Waals surface area contributed by atoms with Gasteiger partial charge >= 0.3 is 12.4 Å². The molecule has 24 nitrogen and oxygen atoms in total. The van der Waals surface area contributed by atoms with Crippen molar-refractivity contribution in [1.29, 1.82) is 0 Å². The predicted molar refractivity (Wildman–Crippen MR) is 480 cm³/mol. The highest BCUT2D eigenvalue weighted by Gasteiger charge is 2.33. The zero-order valence-electron chi connectivity index (χ0n) is 69.9. The van der Waals surface area contributed by atoms with E-state index in [-0.39, 0.29) is 29.2 Å². The first-order valence-corrected chi connectivity index (χ1v) is 41.3. The molecule has 4 amide bonds. The number of alkyl halides is 6. The molecule has 4 N–H and O–H groups in total. The van der Waals surface area contributed by atoms with Gasteiger partial charge in [-0.1, -0.05) is 95.4 Å². The molecule has 8 aromatic carbocycles. The molecule has 16 aromatic rings. The van der Waals surface area contributed by atoms with Crippen LogP contribution in [-0.4, -0.2) is 127 Å². The number of hydrogen-bond acceptors (Lipinski definition) is 12. The minimum Gasteiger partial charge on any atom is -0.352 e. The molecule has 16 rings (SSSR count). The molecular formula is C99H83ClF6N20O4. The van der Waals surface area contributed by atoms with Crippen molar-refractivity contribution in [1.82, 2.24) is 98.6 Å². The van der Waals surface area contributed by atoms with Gasteiger partial charge in [-0.2, -0.15) is 46.7 Å². The fourth-order valence-corrected chi connectivity index (χ4v) is 13.1. The highest BCUT2D eigenvalue weighted by Crippen LogP contribution is 2.33. The average Bonchev–Trinajstić information content (AvgIpc) is 1.28. The van der Waals surface area contributed by atoms with E-state index >= 15 is 0 Å². The van der Waals surface area contributed by atoms with E-state index in [1.165, 1.54) is 30.3 Å². The van der Waals surface area contributed by atoms with Crippen LogP contribution in [0.1, 0.15) is 128 Å². The first kappa shape index (κ1) is 91.1. The second-order valence-corrected chi connectivity index (χ2v) is 29.2. The number of nitrogens with zero attached hydrogens (tertiary/aromatic N) is 16. The molecule has 31 heteroatoms. The summed E-state index contributed by atoms with van der Waals surface area (Å²) in [4.78, 5) is 66.7. The van der Waals surface area contributed by atoms with E-state index < -0.39 is 23.5 Å². The van der Waals surface area contributed by atoms with Crippen LogP contribution in [0.2, 0.25) is 5.02 Å². The molecule has 0 atom stereocenters. The summed E-state index contributed by atoms with van der Waals surface area (Å²) >= 11 is 6.23. The van der Waals surface area contributed by atoms with E-state index in [2.05, 4.69) is 109 Å². The average molecular weight is 1770 g/mol. The Kier molecular flexibility index (Phi) is 31.8. The van der Waals surface area contributed by atoms with Crippen molar-refractivity contribution in [3.05, 3.63) is 407 Å². The fraction of sp³-hybridized carbons (Fsp3) is 0.152. The number of nitrogens with one attached hydrogen (secondary N) is 4. The maximum absolute atomic E-state index is 13.3. The van der Waals surface area contributed by atoms with Gasteiger partial charge in [0.25, 0.3) is 23.6 Å². The van der Waals surface area contributed by atoms with Gasteiger partial charge in [-0.15, -0.1) is 0 Å². The molecule has 8 heterocycles. The molecule has 0 spiro atoms. The van der Waals surface area contributed by atoms with Gasteiger partial charge in [0.1, 0.15) is 0 Å². The molecular weight excluding hydrogens is 1680 g/mol. The third-order valence-electron chi connectivity index (χ3n) is 19.5. The lowest BCUT2D eigenvalue weighted by Crippen LogP contribution is -2.25. The number of benzene rings is 8. The van der Waals surface area contributed by atoms with Gasteiger partial charge in [0.05, 0.1) is 86.5 Å². The van der Waals surface area contributed by atoms with Crippen LogP contribution in [0.5, 0.6) is 0 Å².